The average Bonchev–Trinajstić information content (AvgIpc) is 2.82. The molecule has 2 aromatic carbocycles. The molecule has 1 aromatic heterocycles. The molecule has 1 atom stereocenters. The molecule has 34 heavy (non-hydrogen) atoms. The predicted octanol–water partition coefficient (Wildman–Crippen LogP) is 5.35. The molecule has 1 saturated heterocycles. The van der Waals surface area contributed by atoms with Gasteiger partial charge in [0.1, 0.15) is 5.82 Å². The van der Waals surface area contributed by atoms with Crippen LogP contribution in [0.5, 0.6) is 0 Å². The van der Waals surface area contributed by atoms with Gasteiger partial charge in [-0.2, -0.15) is 4.98 Å². The van der Waals surface area contributed by atoms with Crippen molar-refractivity contribution in [3.05, 3.63) is 62.5 Å². The van der Waals surface area contributed by atoms with Crippen molar-refractivity contribution in [3.63, 3.8) is 0 Å². The largest absolute Gasteiger partial charge is 0.350 e. The number of rotatable bonds is 3. The number of thioether (sulfide) groups is 1. The Labute approximate surface area is 216 Å². The summed E-state index contributed by atoms with van der Waals surface area (Å²) in [5, 5.41) is 2.41. The highest BCUT2D eigenvalue weighted by Crippen LogP contribution is 2.47. The fourth-order valence-electron chi connectivity index (χ4n) is 4.71. The molecule has 1 amide bonds. The van der Waals surface area contributed by atoms with Crippen molar-refractivity contribution in [2.24, 2.45) is 0 Å². The fraction of sp³-hybridized carbons (Fsp3) is 0.292. The lowest BCUT2D eigenvalue weighted by Gasteiger charge is -2.40. The number of halogens is 3. The van der Waals surface area contributed by atoms with Crippen molar-refractivity contribution in [1.29, 1.82) is 0 Å². The van der Waals surface area contributed by atoms with Crippen LogP contribution in [0.25, 0.3) is 22.0 Å². The molecule has 6 nitrogen and oxygen atoms in total. The Bertz CT molecular complexity index is 1410. The summed E-state index contributed by atoms with van der Waals surface area (Å²) in [6, 6.07) is 7.10. The van der Waals surface area contributed by atoms with Crippen molar-refractivity contribution in [1.82, 2.24) is 14.5 Å². The number of piperazine rings is 1. The van der Waals surface area contributed by atoms with Gasteiger partial charge < -0.3 is 9.80 Å². The van der Waals surface area contributed by atoms with Crippen LogP contribution in [-0.4, -0.2) is 51.8 Å². The number of carbonyl (C=O) groups excluding carboxylic acids is 1. The summed E-state index contributed by atoms with van der Waals surface area (Å²) in [5.74, 6) is 1.20. The maximum absolute atomic E-state index is 13.2. The second-order valence-corrected chi connectivity index (χ2v) is 10.7. The van der Waals surface area contributed by atoms with E-state index in [1.807, 2.05) is 13.0 Å². The first kappa shape index (κ1) is 23.5. The van der Waals surface area contributed by atoms with Crippen LogP contribution in [0.2, 0.25) is 15.1 Å². The third kappa shape index (κ3) is 3.88. The third-order valence-corrected chi connectivity index (χ3v) is 8.23. The van der Waals surface area contributed by atoms with Crippen LogP contribution in [0.1, 0.15) is 6.92 Å². The van der Waals surface area contributed by atoms with Crippen molar-refractivity contribution in [2.75, 3.05) is 30.3 Å². The summed E-state index contributed by atoms with van der Waals surface area (Å²) >= 11 is 21.3. The first-order valence-electron chi connectivity index (χ1n) is 10.8. The Morgan fingerprint density at radius 1 is 1.18 bits per heavy atom. The molecule has 3 aromatic rings. The molecule has 0 spiro atoms. The van der Waals surface area contributed by atoms with Crippen LogP contribution in [0.4, 0.5) is 5.82 Å². The lowest BCUT2D eigenvalue weighted by molar-refractivity contribution is -0.126. The Kier molecular flexibility index (Phi) is 6.31. The average molecular weight is 536 g/mol. The van der Waals surface area contributed by atoms with E-state index >= 15 is 0 Å². The number of hydrogen-bond acceptors (Lipinski definition) is 5. The highest BCUT2D eigenvalue weighted by molar-refractivity contribution is 7.99. The molecular formula is C24H21Cl3N4O2S. The first-order valence-corrected chi connectivity index (χ1v) is 13.0. The molecule has 0 saturated carbocycles. The number of carbonyl (C=O) groups is 1. The van der Waals surface area contributed by atoms with Crippen LogP contribution in [0.15, 0.2) is 46.6 Å². The molecule has 10 heteroatoms. The van der Waals surface area contributed by atoms with Gasteiger partial charge in [-0.05, 0) is 37.3 Å². The summed E-state index contributed by atoms with van der Waals surface area (Å²) < 4.78 is 1.71. The van der Waals surface area contributed by atoms with Crippen LogP contribution in [-0.2, 0) is 11.3 Å². The summed E-state index contributed by atoms with van der Waals surface area (Å²) in [7, 11) is 0. The zero-order valence-electron chi connectivity index (χ0n) is 18.4. The van der Waals surface area contributed by atoms with E-state index in [-0.39, 0.29) is 17.6 Å². The Balaban J connectivity index is 1.72. The van der Waals surface area contributed by atoms with Gasteiger partial charge in [-0.1, -0.05) is 41.4 Å². The Hall–Kier alpha value is -2.19. The van der Waals surface area contributed by atoms with E-state index in [1.165, 1.54) is 6.08 Å². The number of benzene rings is 2. The number of aromatic nitrogens is 2. The lowest BCUT2D eigenvalue weighted by atomic mass is 10.0. The molecule has 0 N–H and O–H groups in total. The van der Waals surface area contributed by atoms with Crippen molar-refractivity contribution in [3.8, 4) is 11.1 Å². The van der Waals surface area contributed by atoms with Gasteiger partial charge in [0.25, 0.3) is 0 Å². The molecule has 1 fully saturated rings. The monoisotopic (exact) mass is 534 g/mol. The number of anilines is 1. The quantitative estimate of drug-likeness (QED) is 0.423. The Morgan fingerprint density at radius 2 is 1.97 bits per heavy atom. The minimum Gasteiger partial charge on any atom is -0.350 e. The zero-order chi connectivity index (χ0) is 24.1. The number of amides is 1. The molecule has 5 rings (SSSR count). The van der Waals surface area contributed by atoms with E-state index in [4.69, 9.17) is 34.8 Å². The third-order valence-electron chi connectivity index (χ3n) is 6.30. The zero-order valence-corrected chi connectivity index (χ0v) is 21.4. The van der Waals surface area contributed by atoms with Gasteiger partial charge in [0, 0.05) is 69.4 Å². The molecule has 3 heterocycles. The van der Waals surface area contributed by atoms with E-state index < -0.39 is 0 Å². The van der Waals surface area contributed by atoms with E-state index in [2.05, 4.69) is 16.5 Å². The predicted molar refractivity (Wildman–Crippen MR) is 141 cm³/mol. The van der Waals surface area contributed by atoms with Crippen LogP contribution < -0.4 is 10.6 Å². The minimum atomic E-state index is -0.300. The molecule has 0 radical (unpaired) electrons. The second-order valence-electron chi connectivity index (χ2n) is 8.33. The van der Waals surface area contributed by atoms with Crippen LogP contribution in [0, 0.1) is 0 Å². The first-order chi connectivity index (χ1) is 16.3. The number of aryl methyl sites for hydroxylation is 1. The molecule has 176 valence electrons. The minimum absolute atomic E-state index is 0.0385. The highest BCUT2D eigenvalue weighted by Gasteiger charge is 2.31. The van der Waals surface area contributed by atoms with E-state index in [1.54, 1.807) is 39.4 Å². The lowest BCUT2D eigenvalue weighted by Crippen LogP contribution is -2.54. The van der Waals surface area contributed by atoms with Crippen LogP contribution >= 0.6 is 46.6 Å². The second kappa shape index (κ2) is 9.11. The highest BCUT2D eigenvalue weighted by atomic mass is 35.5. The van der Waals surface area contributed by atoms with Gasteiger partial charge in [-0.15, -0.1) is 11.8 Å². The topological polar surface area (TPSA) is 58.4 Å². The molecular weight excluding hydrogens is 515 g/mol. The molecule has 0 bridgehead atoms. The Morgan fingerprint density at radius 3 is 2.71 bits per heavy atom. The van der Waals surface area contributed by atoms with E-state index in [9.17, 15) is 9.59 Å². The van der Waals surface area contributed by atoms with Gasteiger partial charge in [0.2, 0.25) is 5.91 Å². The van der Waals surface area contributed by atoms with Crippen LogP contribution in [0.3, 0.4) is 0 Å². The normalized spacial score (nSPS) is 17.8. The number of nitrogens with zero attached hydrogens (tertiary/aromatic N) is 4. The SMILES string of the molecule is C=CC(=O)N1CCN(c2nc(=O)n3c4c(c(-c5cc(Cl)ccc5Cl)c(Cl)cc24)SCC3)[C@@H](C)C1. The van der Waals surface area contributed by atoms with E-state index in [0.29, 0.717) is 52.8 Å². The van der Waals surface area contributed by atoms with Gasteiger partial charge in [0.05, 0.1) is 10.5 Å². The van der Waals surface area contributed by atoms with Gasteiger partial charge in [0.15, 0.2) is 0 Å². The van der Waals surface area contributed by atoms with Crippen molar-refractivity contribution >= 4 is 69.2 Å². The number of hydrogen-bond donors (Lipinski definition) is 0. The van der Waals surface area contributed by atoms with Gasteiger partial charge >= 0.3 is 5.69 Å². The van der Waals surface area contributed by atoms with Crippen molar-refractivity contribution in [2.45, 2.75) is 24.4 Å². The summed E-state index contributed by atoms with van der Waals surface area (Å²) in [6.07, 6.45) is 1.33. The van der Waals surface area contributed by atoms with Gasteiger partial charge in [-0.3, -0.25) is 9.36 Å². The maximum atomic E-state index is 13.2. The summed E-state index contributed by atoms with van der Waals surface area (Å²) in [4.78, 5) is 34.5. The fourth-order valence-corrected chi connectivity index (χ4v) is 6.65. The van der Waals surface area contributed by atoms with Crippen molar-refractivity contribution < 1.29 is 4.79 Å². The van der Waals surface area contributed by atoms with Gasteiger partial charge in [-0.25, -0.2) is 4.79 Å². The maximum Gasteiger partial charge on any atom is 0.350 e. The smallest absolute Gasteiger partial charge is 0.350 e. The standard InChI is InChI=1S/C24H21Cl3N4O2S/c1-3-19(32)29-6-7-30(13(2)12-29)23-16-11-18(27)20(15-10-14(25)4-5-17(15)26)22-21(16)31(8-9-34-22)24(33)28-23/h3-5,10-11,13H,1,6-9,12H2,2H3/t13-/m0/s1. The molecule has 2 aliphatic heterocycles. The van der Waals surface area contributed by atoms with E-state index in [0.717, 1.165) is 26.9 Å². The summed E-state index contributed by atoms with van der Waals surface area (Å²) in [5.41, 5.74) is 2.00. The summed E-state index contributed by atoms with van der Waals surface area (Å²) in [6.45, 7) is 7.75. The molecule has 0 aliphatic carbocycles. The molecule has 0 unspecified atom stereocenters. The molecule has 2 aliphatic rings.